The Morgan fingerprint density at radius 1 is 1.15 bits per heavy atom. The number of benzene rings is 2. The van der Waals surface area contributed by atoms with Gasteiger partial charge in [-0.1, -0.05) is 15.9 Å². The molecule has 3 rings (SSSR count). The molecule has 1 aromatic heterocycles. The highest BCUT2D eigenvalue weighted by molar-refractivity contribution is 9.10. The molecule has 0 spiro atoms. The normalized spacial score (nSPS) is 12.6. The van der Waals surface area contributed by atoms with Gasteiger partial charge in [-0.05, 0) is 48.9 Å². The van der Waals surface area contributed by atoms with Crippen molar-refractivity contribution in [1.82, 2.24) is 9.55 Å². The van der Waals surface area contributed by atoms with E-state index in [1.165, 1.54) is 31.4 Å². The summed E-state index contributed by atoms with van der Waals surface area (Å²) in [5.41, 5.74) is -1.14. The lowest BCUT2D eigenvalue weighted by molar-refractivity contribution is 0.116. The van der Waals surface area contributed by atoms with E-state index in [0.29, 0.717) is 10.5 Å². The average molecular weight is 559 g/mol. The monoisotopic (exact) mass is 558 g/mol. The number of sulfone groups is 1. The zero-order chi connectivity index (χ0) is 25.0. The maximum atomic E-state index is 14.0. The van der Waals surface area contributed by atoms with Crippen LogP contribution in [0.5, 0.6) is 5.88 Å². The van der Waals surface area contributed by atoms with E-state index in [2.05, 4.69) is 20.9 Å². The third kappa shape index (κ3) is 5.35. The molecule has 0 unspecified atom stereocenters. The summed E-state index contributed by atoms with van der Waals surface area (Å²) in [6.45, 7) is 1.37. The van der Waals surface area contributed by atoms with E-state index in [0.717, 1.165) is 16.7 Å². The molecule has 12 heteroatoms. The number of rotatable bonds is 9. The maximum absolute atomic E-state index is 14.0. The van der Waals surface area contributed by atoms with E-state index in [9.17, 15) is 27.1 Å². The third-order valence-electron chi connectivity index (χ3n) is 4.86. The van der Waals surface area contributed by atoms with Crippen LogP contribution in [0, 0.1) is 11.6 Å². The average Bonchev–Trinajstić information content (AvgIpc) is 2.76. The van der Waals surface area contributed by atoms with E-state index in [-0.39, 0.29) is 36.1 Å². The molecular formula is C22H21BrF2N2O6S. The second-order valence-electron chi connectivity index (χ2n) is 7.12. The number of aromatic hydroxyl groups is 1. The van der Waals surface area contributed by atoms with Gasteiger partial charge in [0.25, 0.3) is 5.56 Å². The van der Waals surface area contributed by atoms with Gasteiger partial charge in [0.05, 0.1) is 17.5 Å². The first-order chi connectivity index (χ1) is 16.1. The van der Waals surface area contributed by atoms with Crippen molar-refractivity contribution in [1.29, 1.82) is 0 Å². The number of hydrogen-bond acceptors (Lipinski definition) is 7. The van der Waals surface area contributed by atoms with E-state index in [1.807, 2.05) is 0 Å². The fourth-order valence-corrected chi connectivity index (χ4v) is 4.99. The Labute approximate surface area is 202 Å². The van der Waals surface area contributed by atoms with Gasteiger partial charge in [-0.2, -0.15) is 4.98 Å². The van der Waals surface area contributed by atoms with Gasteiger partial charge in [-0.15, -0.1) is 0 Å². The molecule has 0 saturated heterocycles. The second-order valence-corrected chi connectivity index (χ2v) is 9.93. The lowest BCUT2D eigenvalue weighted by atomic mass is 10.1. The Morgan fingerprint density at radius 3 is 2.32 bits per heavy atom. The van der Waals surface area contributed by atoms with Crippen molar-refractivity contribution >= 4 is 25.8 Å². The highest BCUT2D eigenvalue weighted by Gasteiger charge is 2.32. The van der Waals surface area contributed by atoms with Gasteiger partial charge in [0.1, 0.15) is 24.1 Å². The molecule has 0 amide bonds. The molecule has 182 valence electrons. The molecule has 0 saturated carbocycles. The van der Waals surface area contributed by atoms with E-state index < -0.39 is 43.8 Å². The lowest BCUT2D eigenvalue weighted by Crippen LogP contribution is -2.35. The van der Waals surface area contributed by atoms with Crippen LogP contribution in [0.2, 0.25) is 0 Å². The summed E-state index contributed by atoms with van der Waals surface area (Å²) in [6.07, 6.45) is 0. The second kappa shape index (κ2) is 10.7. The van der Waals surface area contributed by atoms with E-state index in [1.54, 1.807) is 6.92 Å². The van der Waals surface area contributed by atoms with Crippen molar-refractivity contribution in [3.05, 3.63) is 80.3 Å². The third-order valence-corrected chi connectivity index (χ3v) is 7.18. The standard InChI is InChI=1S/C22H21BrF2N2O6S/c1-3-33-12-19-26-21(28)20(34(30,31)17-6-4-14(23)5-7-17)22(29)27(19)18(11-32-2)13-8-15(24)10-16(25)9-13/h4-10,18,28H,3,11-12H2,1-2H3/t18-/m0/s1. The quantitative estimate of drug-likeness (QED) is 0.427. The highest BCUT2D eigenvalue weighted by Crippen LogP contribution is 2.28. The smallest absolute Gasteiger partial charge is 0.277 e. The van der Waals surface area contributed by atoms with E-state index >= 15 is 0 Å². The van der Waals surface area contributed by atoms with Gasteiger partial charge >= 0.3 is 0 Å². The molecule has 34 heavy (non-hydrogen) atoms. The molecule has 0 aliphatic carbocycles. The van der Waals surface area contributed by atoms with Crippen LogP contribution in [0.15, 0.2) is 61.5 Å². The number of ether oxygens (including phenoxy) is 2. The zero-order valence-electron chi connectivity index (χ0n) is 18.2. The van der Waals surface area contributed by atoms with Crippen LogP contribution in [0.1, 0.15) is 24.4 Å². The van der Waals surface area contributed by atoms with Gasteiger partial charge in [-0.3, -0.25) is 9.36 Å². The molecule has 0 fully saturated rings. The predicted molar refractivity (Wildman–Crippen MR) is 121 cm³/mol. The number of halogens is 3. The minimum absolute atomic E-state index is 0.00122. The Kier molecular flexibility index (Phi) is 8.18. The molecular weight excluding hydrogens is 538 g/mol. The molecule has 1 N–H and O–H groups in total. The highest BCUT2D eigenvalue weighted by atomic mass is 79.9. The Hall–Kier alpha value is -2.67. The molecule has 0 aliphatic rings. The summed E-state index contributed by atoms with van der Waals surface area (Å²) < 4.78 is 66.5. The maximum Gasteiger partial charge on any atom is 0.277 e. The zero-order valence-corrected chi connectivity index (χ0v) is 20.6. The summed E-state index contributed by atoms with van der Waals surface area (Å²) in [5, 5.41) is 10.5. The van der Waals surface area contributed by atoms with Crippen LogP contribution in [0.4, 0.5) is 8.78 Å². The molecule has 1 atom stereocenters. The summed E-state index contributed by atoms with van der Waals surface area (Å²) in [5.74, 6) is -2.96. The first-order valence-electron chi connectivity index (χ1n) is 9.97. The van der Waals surface area contributed by atoms with Gasteiger partial charge < -0.3 is 14.6 Å². The number of nitrogens with zero attached hydrogens (tertiary/aromatic N) is 2. The summed E-state index contributed by atoms with van der Waals surface area (Å²) in [6, 6.07) is 6.92. The fourth-order valence-electron chi connectivity index (χ4n) is 3.38. The summed E-state index contributed by atoms with van der Waals surface area (Å²) in [7, 11) is -3.21. The van der Waals surface area contributed by atoms with Gasteiger partial charge in [-0.25, -0.2) is 17.2 Å². The van der Waals surface area contributed by atoms with Gasteiger partial charge in [0.2, 0.25) is 15.7 Å². The number of hydrogen-bond donors (Lipinski definition) is 1. The number of methoxy groups -OCH3 is 1. The molecule has 8 nitrogen and oxygen atoms in total. The van der Waals surface area contributed by atoms with Crippen molar-refractivity contribution in [3.8, 4) is 5.88 Å². The molecule has 1 heterocycles. The molecule has 0 radical (unpaired) electrons. The summed E-state index contributed by atoms with van der Waals surface area (Å²) in [4.78, 5) is 16.3. The molecule has 2 aromatic carbocycles. The van der Waals surface area contributed by atoms with Crippen LogP contribution in [0.3, 0.4) is 0 Å². The van der Waals surface area contributed by atoms with Gasteiger partial charge in [0.15, 0.2) is 4.90 Å². The van der Waals surface area contributed by atoms with E-state index in [4.69, 9.17) is 9.47 Å². The van der Waals surface area contributed by atoms with Crippen LogP contribution in [0.25, 0.3) is 0 Å². The minimum Gasteiger partial charge on any atom is -0.492 e. The van der Waals surface area contributed by atoms with Crippen LogP contribution in [-0.2, 0) is 25.9 Å². The van der Waals surface area contributed by atoms with Crippen LogP contribution in [-0.4, -0.2) is 43.4 Å². The van der Waals surface area contributed by atoms with Crippen molar-refractivity contribution in [2.45, 2.75) is 29.4 Å². The van der Waals surface area contributed by atoms with Gasteiger partial charge in [0, 0.05) is 24.3 Å². The lowest BCUT2D eigenvalue weighted by Gasteiger charge is -2.24. The fraction of sp³-hybridized carbons (Fsp3) is 0.273. The predicted octanol–water partition coefficient (Wildman–Crippen LogP) is 3.59. The van der Waals surface area contributed by atoms with Crippen molar-refractivity contribution < 1.29 is 31.8 Å². The first-order valence-corrected chi connectivity index (χ1v) is 12.3. The van der Waals surface area contributed by atoms with Crippen LogP contribution >= 0.6 is 15.9 Å². The largest absolute Gasteiger partial charge is 0.492 e. The Balaban J connectivity index is 2.33. The topological polar surface area (TPSA) is 108 Å². The molecule has 3 aromatic rings. The summed E-state index contributed by atoms with van der Waals surface area (Å²) >= 11 is 3.20. The first kappa shape index (κ1) is 25.9. The van der Waals surface area contributed by atoms with Crippen LogP contribution < -0.4 is 5.56 Å². The molecule has 0 aliphatic heterocycles. The Morgan fingerprint density at radius 2 is 1.76 bits per heavy atom. The van der Waals surface area contributed by atoms with Crippen molar-refractivity contribution in [2.75, 3.05) is 20.3 Å². The SMILES string of the molecule is CCOCc1nc(O)c(S(=O)(=O)c2ccc(Br)cc2)c(=O)n1[C@@H](COC)c1cc(F)cc(F)c1. The minimum atomic E-state index is -4.52. The Bertz CT molecular complexity index is 1330. The number of aromatic nitrogens is 2. The molecule has 0 bridgehead atoms. The van der Waals surface area contributed by atoms with Crippen molar-refractivity contribution in [3.63, 3.8) is 0 Å². The van der Waals surface area contributed by atoms with Crippen molar-refractivity contribution in [2.24, 2.45) is 0 Å².